The van der Waals surface area contributed by atoms with E-state index in [1.54, 1.807) is 16.7 Å². The Morgan fingerprint density at radius 2 is 1.79 bits per heavy atom. The van der Waals surface area contributed by atoms with Gasteiger partial charge in [-0.05, 0) is 73.9 Å². The molecule has 1 amide bonds. The SMILES string of the molecule is CCOc1ccc(NC(=O)CSc2nc3cc(-c4ccccc4)sc3c(=O)n2-c2cc(C)ccc2C)cc1. The average molecular weight is 542 g/mol. The Bertz CT molecular complexity index is 1660. The number of rotatable bonds is 8. The van der Waals surface area contributed by atoms with Crippen molar-refractivity contribution in [2.45, 2.75) is 25.9 Å². The Balaban J connectivity index is 1.50. The number of nitrogens with one attached hydrogen (secondary N) is 1. The summed E-state index contributed by atoms with van der Waals surface area (Å²) in [6.07, 6.45) is 0. The summed E-state index contributed by atoms with van der Waals surface area (Å²) >= 11 is 2.69. The Morgan fingerprint density at radius 3 is 2.53 bits per heavy atom. The molecule has 5 aromatic rings. The van der Waals surface area contributed by atoms with Gasteiger partial charge in [0, 0.05) is 10.6 Å². The first kappa shape index (κ1) is 25.8. The molecular formula is C30H27N3O3S2. The van der Waals surface area contributed by atoms with E-state index in [-0.39, 0.29) is 17.2 Å². The molecule has 0 aliphatic carbocycles. The van der Waals surface area contributed by atoms with Crippen molar-refractivity contribution < 1.29 is 9.53 Å². The predicted molar refractivity (Wildman–Crippen MR) is 157 cm³/mol. The zero-order chi connectivity index (χ0) is 26.6. The van der Waals surface area contributed by atoms with Gasteiger partial charge in [0.15, 0.2) is 5.16 Å². The van der Waals surface area contributed by atoms with Gasteiger partial charge in [-0.2, -0.15) is 0 Å². The minimum absolute atomic E-state index is 0.103. The lowest BCUT2D eigenvalue weighted by atomic mass is 10.1. The number of aryl methyl sites for hydroxylation is 2. The van der Waals surface area contributed by atoms with Gasteiger partial charge in [-0.1, -0.05) is 54.2 Å². The van der Waals surface area contributed by atoms with E-state index in [1.165, 1.54) is 23.1 Å². The third-order valence-corrected chi connectivity index (χ3v) is 8.06. The molecule has 0 bridgehead atoms. The van der Waals surface area contributed by atoms with Gasteiger partial charge in [0.1, 0.15) is 10.4 Å². The third kappa shape index (κ3) is 5.51. The number of anilines is 1. The van der Waals surface area contributed by atoms with Gasteiger partial charge in [-0.25, -0.2) is 4.98 Å². The number of carbonyl (C=O) groups excluding carboxylic acids is 1. The second-order valence-electron chi connectivity index (χ2n) is 8.81. The molecule has 0 aliphatic heterocycles. The number of hydrogen-bond donors (Lipinski definition) is 1. The molecule has 6 nitrogen and oxygen atoms in total. The summed E-state index contributed by atoms with van der Waals surface area (Å²) in [6, 6.07) is 25.2. The summed E-state index contributed by atoms with van der Waals surface area (Å²) in [5, 5.41) is 3.39. The summed E-state index contributed by atoms with van der Waals surface area (Å²) in [7, 11) is 0. The quantitative estimate of drug-likeness (QED) is 0.172. The lowest BCUT2D eigenvalue weighted by molar-refractivity contribution is -0.113. The fraction of sp³-hybridized carbons (Fsp3) is 0.167. The van der Waals surface area contributed by atoms with Crippen molar-refractivity contribution in [1.82, 2.24) is 9.55 Å². The molecule has 8 heteroatoms. The molecule has 2 aromatic heterocycles. The first-order chi connectivity index (χ1) is 18.4. The first-order valence-electron chi connectivity index (χ1n) is 12.3. The van der Waals surface area contributed by atoms with E-state index in [0.717, 1.165) is 33.0 Å². The van der Waals surface area contributed by atoms with Crippen LogP contribution < -0.4 is 15.6 Å². The molecule has 0 radical (unpaired) electrons. The van der Waals surface area contributed by atoms with E-state index in [2.05, 4.69) is 5.32 Å². The predicted octanol–water partition coefficient (Wildman–Crippen LogP) is 6.86. The van der Waals surface area contributed by atoms with Gasteiger partial charge < -0.3 is 10.1 Å². The highest BCUT2D eigenvalue weighted by Gasteiger charge is 2.19. The van der Waals surface area contributed by atoms with Crippen LogP contribution in [0.5, 0.6) is 5.75 Å². The topological polar surface area (TPSA) is 73.2 Å². The summed E-state index contributed by atoms with van der Waals surface area (Å²) in [5.74, 6) is 0.669. The molecule has 1 N–H and O–H groups in total. The van der Waals surface area contributed by atoms with Gasteiger partial charge in [-0.3, -0.25) is 14.2 Å². The fourth-order valence-electron chi connectivity index (χ4n) is 4.10. The van der Waals surface area contributed by atoms with E-state index in [4.69, 9.17) is 9.72 Å². The Kier molecular flexibility index (Phi) is 7.62. The molecule has 0 unspecified atom stereocenters. The molecule has 0 saturated heterocycles. The van der Waals surface area contributed by atoms with Crippen LogP contribution in [-0.2, 0) is 4.79 Å². The second kappa shape index (κ2) is 11.2. The first-order valence-corrected chi connectivity index (χ1v) is 14.1. The number of nitrogens with zero attached hydrogens (tertiary/aromatic N) is 2. The maximum atomic E-state index is 13.9. The van der Waals surface area contributed by atoms with Gasteiger partial charge in [0.05, 0.1) is 23.6 Å². The van der Waals surface area contributed by atoms with Crippen LogP contribution in [0, 0.1) is 13.8 Å². The van der Waals surface area contributed by atoms with Crippen molar-refractivity contribution in [2.75, 3.05) is 17.7 Å². The van der Waals surface area contributed by atoms with E-state index in [0.29, 0.717) is 27.7 Å². The van der Waals surface area contributed by atoms with Crippen LogP contribution in [0.25, 0.3) is 26.3 Å². The van der Waals surface area contributed by atoms with Gasteiger partial charge in [0.2, 0.25) is 5.91 Å². The van der Waals surface area contributed by atoms with Crippen LogP contribution in [0.4, 0.5) is 5.69 Å². The molecule has 0 atom stereocenters. The zero-order valence-corrected chi connectivity index (χ0v) is 23.0. The van der Waals surface area contributed by atoms with Crippen LogP contribution in [0.15, 0.2) is 88.8 Å². The Labute approximate surface area is 229 Å². The van der Waals surface area contributed by atoms with Crippen LogP contribution in [0.2, 0.25) is 0 Å². The maximum absolute atomic E-state index is 13.9. The van der Waals surface area contributed by atoms with Crippen molar-refractivity contribution in [3.8, 4) is 21.9 Å². The summed E-state index contributed by atoms with van der Waals surface area (Å²) in [5.41, 5.74) is 4.99. The monoisotopic (exact) mass is 541 g/mol. The van der Waals surface area contributed by atoms with E-state index in [1.807, 2.05) is 87.5 Å². The van der Waals surface area contributed by atoms with Crippen LogP contribution in [0.1, 0.15) is 18.1 Å². The zero-order valence-electron chi connectivity index (χ0n) is 21.4. The van der Waals surface area contributed by atoms with Crippen LogP contribution in [-0.4, -0.2) is 27.8 Å². The van der Waals surface area contributed by atoms with E-state index in [9.17, 15) is 9.59 Å². The van der Waals surface area contributed by atoms with Crippen molar-refractivity contribution >= 4 is 44.9 Å². The molecular weight excluding hydrogens is 514 g/mol. The molecule has 0 saturated carbocycles. The number of ether oxygens (including phenoxy) is 1. The third-order valence-electron chi connectivity index (χ3n) is 5.96. The molecule has 3 aromatic carbocycles. The van der Waals surface area contributed by atoms with E-state index >= 15 is 0 Å². The van der Waals surface area contributed by atoms with Gasteiger partial charge in [0.25, 0.3) is 5.56 Å². The Hall–Kier alpha value is -3.88. The maximum Gasteiger partial charge on any atom is 0.276 e. The van der Waals surface area contributed by atoms with Crippen molar-refractivity contribution in [2.24, 2.45) is 0 Å². The molecule has 0 aliphatic rings. The standard InChI is InChI=1S/C30H27N3O3S2/c1-4-36-23-14-12-22(13-15-23)31-27(34)18-37-30-32-24-17-26(21-8-6-5-7-9-21)38-28(24)29(35)33(30)25-16-19(2)10-11-20(25)3/h5-17H,4,18H2,1-3H3,(H,31,34). The van der Waals surface area contributed by atoms with E-state index < -0.39 is 0 Å². The number of amides is 1. The highest BCUT2D eigenvalue weighted by atomic mass is 32.2. The lowest BCUT2D eigenvalue weighted by Gasteiger charge is -2.15. The minimum Gasteiger partial charge on any atom is -0.494 e. The molecule has 192 valence electrons. The Morgan fingerprint density at radius 1 is 1.03 bits per heavy atom. The average Bonchev–Trinajstić information content (AvgIpc) is 3.36. The van der Waals surface area contributed by atoms with Gasteiger partial charge >= 0.3 is 0 Å². The number of thioether (sulfide) groups is 1. The lowest BCUT2D eigenvalue weighted by Crippen LogP contribution is -2.23. The number of fused-ring (bicyclic) bond motifs is 1. The number of carbonyl (C=O) groups is 1. The fourth-order valence-corrected chi connectivity index (χ4v) is 5.94. The molecule has 0 spiro atoms. The molecule has 2 heterocycles. The van der Waals surface area contributed by atoms with Crippen molar-refractivity contribution in [3.63, 3.8) is 0 Å². The molecule has 0 fully saturated rings. The van der Waals surface area contributed by atoms with Crippen molar-refractivity contribution in [3.05, 3.63) is 100 Å². The number of benzene rings is 3. The van der Waals surface area contributed by atoms with Gasteiger partial charge in [-0.15, -0.1) is 11.3 Å². The normalized spacial score (nSPS) is 11.0. The minimum atomic E-state index is -0.184. The number of aromatic nitrogens is 2. The number of thiophene rings is 1. The van der Waals surface area contributed by atoms with Crippen LogP contribution >= 0.6 is 23.1 Å². The largest absolute Gasteiger partial charge is 0.494 e. The second-order valence-corrected chi connectivity index (χ2v) is 10.8. The highest BCUT2D eigenvalue weighted by molar-refractivity contribution is 7.99. The number of hydrogen-bond acceptors (Lipinski definition) is 6. The van der Waals surface area contributed by atoms with Crippen molar-refractivity contribution in [1.29, 1.82) is 0 Å². The molecule has 38 heavy (non-hydrogen) atoms. The summed E-state index contributed by atoms with van der Waals surface area (Å²) < 4.78 is 7.70. The summed E-state index contributed by atoms with van der Waals surface area (Å²) in [6.45, 7) is 6.48. The smallest absolute Gasteiger partial charge is 0.276 e. The van der Waals surface area contributed by atoms with Crippen LogP contribution in [0.3, 0.4) is 0 Å². The summed E-state index contributed by atoms with van der Waals surface area (Å²) in [4.78, 5) is 32.6. The highest BCUT2D eigenvalue weighted by Crippen LogP contribution is 2.33. The molecule has 5 rings (SSSR count).